The van der Waals surface area contributed by atoms with E-state index in [0.717, 1.165) is 52.2 Å². The van der Waals surface area contributed by atoms with Gasteiger partial charge in [-0.3, -0.25) is 15.0 Å². The van der Waals surface area contributed by atoms with Crippen molar-refractivity contribution in [3.8, 4) is 0 Å². The summed E-state index contributed by atoms with van der Waals surface area (Å²) in [5.74, 6) is 0.247. The fourth-order valence-corrected chi connectivity index (χ4v) is 2.48. The van der Waals surface area contributed by atoms with Crippen molar-refractivity contribution in [3.63, 3.8) is 0 Å². The number of nitrogens with zero attached hydrogens (tertiary/aromatic N) is 2. The molecule has 0 bridgehead atoms. The maximum absolute atomic E-state index is 11.8. The Labute approximate surface area is 103 Å². The molecule has 1 amide bonds. The van der Waals surface area contributed by atoms with Gasteiger partial charge in [0.2, 0.25) is 5.91 Å². The van der Waals surface area contributed by atoms with Crippen molar-refractivity contribution in [1.29, 1.82) is 0 Å². The highest BCUT2D eigenvalue weighted by Crippen LogP contribution is 2.10. The third-order valence-corrected chi connectivity index (χ3v) is 3.51. The van der Waals surface area contributed by atoms with Crippen LogP contribution < -0.4 is 5.32 Å². The van der Waals surface area contributed by atoms with Gasteiger partial charge in [-0.15, -0.1) is 0 Å². The lowest BCUT2D eigenvalue weighted by molar-refractivity contribution is -0.128. The molecule has 0 saturated carbocycles. The lowest BCUT2D eigenvalue weighted by atomic mass is 10.2. The second-order valence-corrected chi connectivity index (χ2v) is 4.73. The van der Waals surface area contributed by atoms with Gasteiger partial charge in [-0.25, -0.2) is 0 Å². The molecule has 0 aromatic heterocycles. The number of amides is 1. The SMILES string of the molecule is CCCC1NCC(=O)N1CCN1CCOCC1. The highest BCUT2D eigenvalue weighted by Gasteiger charge is 2.29. The van der Waals surface area contributed by atoms with Crippen molar-refractivity contribution in [1.82, 2.24) is 15.1 Å². The van der Waals surface area contributed by atoms with Crippen LogP contribution in [0.1, 0.15) is 19.8 Å². The number of carbonyl (C=O) groups excluding carboxylic acids is 1. The Balaban J connectivity index is 1.77. The second kappa shape index (κ2) is 6.33. The van der Waals surface area contributed by atoms with E-state index in [4.69, 9.17) is 4.74 Å². The predicted molar refractivity (Wildman–Crippen MR) is 65.7 cm³/mol. The van der Waals surface area contributed by atoms with E-state index < -0.39 is 0 Å². The van der Waals surface area contributed by atoms with Gasteiger partial charge in [0.25, 0.3) is 0 Å². The van der Waals surface area contributed by atoms with Gasteiger partial charge in [-0.1, -0.05) is 13.3 Å². The molecule has 2 saturated heterocycles. The normalized spacial score (nSPS) is 26.8. The molecule has 1 N–H and O–H groups in total. The van der Waals surface area contributed by atoms with E-state index in [2.05, 4.69) is 17.1 Å². The third kappa shape index (κ3) is 3.40. The van der Waals surface area contributed by atoms with Crippen LogP contribution in [-0.4, -0.2) is 67.8 Å². The molecule has 2 aliphatic rings. The van der Waals surface area contributed by atoms with Crippen molar-refractivity contribution in [2.75, 3.05) is 45.9 Å². The molecular formula is C12H23N3O2. The largest absolute Gasteiger partial charge is 0.379 e. The molecule has 5 heteroatoms. The van der Waals surface area contributed by atoms with E-state index in [-0.39, 0.29) is 12.1 Å². The number of carbonyl (C=O) groups is 1. The number of nitrogens with one attached hydrogen (secondary N) is 1. The van der Waals surface area contributed by atoms with Gasteiger partial charge in [0.05, 0.1) is 25.9 Å². The summed E-state index contributed by atoms with van der Waals surface area (Å²) in [5, 5.41) is 3.28. The summed E-state index contributed by atoms with van der Waals surface area (Å²) >= 11 is 0. The Morgan fingerprint density at radius 2 is 2.12 bits per heavy atom. The molecule has 0 radical (unpaired) electrons. The van der Waals surface area contributed by atoms with E-state index in [9.17, 15) is 4.79 Å². The van der Waals surface area contributed by atoms with E-state index in [1.165, 1.54) is 0 Å². The maximum atomic E-state index is 11.8. The van der Waals surface area contributed by atoms with E-state index >= 15 is 0 Å². The van der Waals surface area contributed by atoms with Crippen molar-refractivity contribution >= 4 is 5.91 Å². The summed E-state index contributed by atoms with van der Waals surface area (Å²) in [6.45, 7) is 8.11. The fourth-order valence-electron chi connectivity index (χ4n) is 2.48. The molecule has 1 unspecified atom stereocenters. The maximum Gasteiger partial charge on any atom is 0.237 e. The molecule has 0 aromatic carbocycles. The molecular weight excluding hydrogens is 218 g/mol. The Morgan fingerprint density at radius 3 is 2.82 bits per heavy atom. The molecule has 0 aromatic rings. The molecule has 0 aliphatic carbocycles. The summed E-state index contributed by atoms with van der Waals surface area (Å²) in [4.78, 5) is 16.1. The lowest BCUT2D eigenvalue weighted by Crippen LogP contribution is -2.45. The van der Waals surface area contributed by atoms with E-state index in [0.29, 0.717) is 6.54 Å². The molecule has 0 spiro atoms. The van der Waals surface area contributed by atoms with Gasteiger partial charge < -0.3 is 9.64 Å². The number of hydrogen-bond acceptors (Lipinski definition) is 4. The van der Waals surface area contributed by atoms with Gasteiger partial charge in [0, 0.05) is 26.2 Å². The minimum absolute atomic E-state index is 0.247. The van der Waals surface area contributed by atoms with Crippen LogP contribution in [0.25, 0.3) is 0 Å². The summed E-state index contributed by atoms with van der Waals surface area (Å²) in [6.07, 6.45) is 2.42. The zero-order chi connectivity index (χ0) is 12.1. The number of rotatable bonds is 5. The van der Waals surface area contributed by atoms with E-state index in [1.54, 1.807) is 0 Å². The average Bonchev–Trinajstić information content (AvgIpc) is 2.70. The second-order valence-electron chi connectivity index (χ2n) is 4.73. The Hall–Kier alpha value is -0.650. The molecule has 98 valence electrons. The molecule has 5 nitrogen and oxygen atoms in total. The standard InChI is InChI=1S/C12H23N3O2/c1-2-3-11-13-10-12(16)15(11)5-4-14-6-8-17-9-7-14/h11,13H,2-10H2,1H3. The van der Waals surface area contributed by atoms with Crippen LogP contribution in [-0.2, 0) is 9.53 Å². The number of ether oxygens (including phenoxy) is 1. The number of hydrogen-bond donors (Lipinski definition) is 1. The first-order valence-corrected chi connectivity index (χ1v) is 6.64. The Kier molecular flexibility index (Phi) is 4.76. The van der Waals surface area contributed by atoms with Crippen LogP contribution in [0.15, 0.2) is 0 Å². The molecule has 17 heavy (non-hydrogen) atoms. The summed E-state index contributed by atoms with van der Waals surface area (Å²) in [7, 11) is 0. The molecule has 2 heterocycles. The van der Waals surface area contributed by atoms with Crippen molar-refractivity contribution in [2.45, 2.75) is 25.9 Å². The number of morpholine rings is 1. The highest BCUT2D eigenvalue weighted by molar-refractivity contribution is 5.80. The van der Waals surface area contributed by atoms with E-state index in [1.807, 2.05) is 4.90 Å². The highest BCUT2D eigenvalue weighted by atomic mass is 16.5. The van der Waals surface area contributed by atoms with Crippen molar-refractivity contribution in [2.24, 2.45) is 0 Å². The molecule has 2 fully saturated rings. The monoisotopic (exact) mass is 241 g/mol. The molecule has 2 aliphatic heterocycles. The van der Waals surface area contributed by atoms with Gasteiger partial charge in [-0.2, -0.15) is 0 Å². The fraction of sp³-hybridized carbons (Fsp3) is 0.917. The van der Waals surface area contributed by atoms with Gasteiger partial charge in [-0.05, 0) is 6.42 Å². The Bertz CT molecular complexity index is 254. The average molecular weight is 241 g/mol. The van der Waals surface area contributed by atoms with Crippen LogP contribution in [0.5, 0.6) is 0 Å². The molecule has 2 rings (SSSR count). The summed E-state index contributed by atoms with van der Waals surface area (Å²) < 4.78 is 5.32. The van der Waals surface area contributed by atoms with Crippen LogP contribution in [0.4, 0.5) is 0 Å². The lowest BCUT2D eigenvalue weighted by Gasteiger charge is -2.30. The Morgan fingerprint density at radius 1 is 1.35 bits per heavy atom. The van der Waals surface area contributed by atoms with Crippen LogP contribution in [0.2, 0.25) is 0 Å². The van der Waals surface area contributed by atoms with Gasteiger partial charge >= 0.3 is 0 Å². The minimum Gasteiger partial charge on any atom is -0.379 e. The predicted octanol–water partition coefficient (Wildman–Crippen LogP) is -0.123. The van der Waals surface area contributed by atoms with Crippen LogP contribution >= 0.6 is 0 Å². The first-order chi connectivity index (χ1) is 8.31. The summed E-state index contributed by atoms with van der Waals surface area (Å²) in [6, 6.07) is 0. The quantitative estimate of drug-likeness (QED) is 0.729. The van der Waals surface area contributed by atoms with Crippen LogP contribution in [0, 0.1) is 0 Å². The van der Waals surface area contributed by atoms with Crippen molar-refractivity contribution in [3.05, 3.63) is 0 Å². The first kappa shape index (κ1) is 12.8. The topological polar surface area (TPSA) is 44.8 Å². The third-order valence-electron chi connectivity index (χ3n) is 3.51. The van der Waals surface area contributed by atoms with Gasteiger partial charge in [0.1, 0.15) is 0 Å². The smallest absolute Gasteiger partial charge is 0.237 e. The van der Waals surface area contributed by atoms with Crippen molar-refractivity contribution < 1.29 is 9.53 Å². The minimum atomic E-state index is 0.247. The zero-order valence-electron chi connectivity index (χ0n) is 10.7. The van der Waals surface area contributed by atoms with Crippen LogP contribution in [0.3, 0.4) is 0 Å². The summed E-state index contributed by atoms with van der Waals surface area (Å²) in [5.41, 5.74) is 0. The zero-order valence-corrected chi connectivity index (χ0v) is 10.7. The molecule has 1 atom stereocenters. The van der Waals surface area contributed by atoms with Gasteiger partial charge in [0.15, 0.2) is 0 Å². The first-order valence-electron chi connectivity index (χ1n) is 6.64.